The van der Waals surface area contributed by atoms with Crippen molar-refractivity contribution in [3.8, 4) is 0 Å². The Morgan fingerprint density at radius 1 is 1.08 bits per heavy atom. The van der Waals surface area contributed by atoms with Crippen LogP contribution < -0.4 is 10.6 Å². The first-order valence-corrected chi connectivity index (χ1v) is 8.30. The minimum absolute atomic E-state index is 0.148. The summed E-state index contributed by atoms with van der Waals surface area (Å²) in [5.74, 6) is 0.481. The van der Waals surface area contributed by atoms with Crippen LogP contribution in [0.5, 0.6) is 0 Å². The number of hydrogen-bond donors (Lipinski definition) is 2. The van der Waals surface area contributed by atoms with E-state index < -0.39 is 0 Å². The summed E-state index contributed by atoms with van der Waals surface area (Å²) >= 11 is 5.86. The van der Waals surface area contributed by atoms with Gasteiger partial charge >= 0.3 is 0 Å². The molecule has 0 aliphatic heterocycles. The summed E-state index contributed by atoms with van der Waals surface area (Å²) in [6.45, 7) is 2.47. The number of pyridine rings is 1. The number of carbonyl (C=O) groups excluding carboxylic acids is 1. The number of benzene rings is 2. The first-order valence-electron chi connectivity index (χ1n) is 7.92. The summed E-state index contributed by atoms with van der Waals surface area (Å²) in [5, 5.41) is 6.79. The number of aryl methyl sites for hydroxylation is 1. The molecule has 1 heterocycles. The standard InChI is InChI=1S/C20H18ClN3O/c1-14-3-2-4-18(11-14)24-19-12-16(9-10-22-19)20(25)23-13-15-5-7-17(21)8-6-15/h2-12H,13H2,1H3,(H,22,24)(H,23,25). The highest BCUT2D eigenvalue weighted by atomic mass is 35.5. The van der Waals surface area contributed by atoms with E-state index in [4.69, 9.17) is 11.6 Å². The van der Waals surface area contributed by atoms with Gasteiger partial charge in [-0.25, -0.2) is 4.98 Å². The second-order valence-corrected chi connectivity index (χ2v) is 6.17. The van der Waals surface area contributed by atoms with E-state index in [0.717, 1.165) is 16.8 Å². The molecule has 0 saturated heterocycles. The van der Waals surface area contributed by atoms with E-state index in [0.29, 0.717) is 22.9 Å². The van der Waals surface area contributed by atoms with Crippen LogP contribution in [-0.4, -0.2) is 10.9 Å². The second kappa shape index (κ2) is 7.81. The van der Waals surface area contributed by atoms with Crippen LogP contribution in [-0.2, 0) is 6.54 Å². The maximum Gasteiger partial charge on any atom is 0.251 e. The van der Waals surface area contributed by atoms with E-state index in [1.807, 2.05) is 43.3 Å². The SMILES string of the molecule is Cc1cccc(Nc2cc(C(=O)NCc3ccc(Cl)cc3)ccn2)c1. The smallest absolute Gasteiger partial charge is 0.251 e. The average molecular weight is 352 g/mol. The molecule has 2 N–H and O–H groups in total. The number of nitrogens with zero attached hydrogens (tertiary/aromatic N) is 1. The zero-order valence-corrected chi connectivity index (χ0v) is 14.5. The Hall–Kier alpha value is -2.85. The van der Waals surface area contributed by atoms with Gasteiger partial charge in [-0.1, -0.05) is 35.9 Å². The highest BCUT2D eigenvalue weighted by Crippen LogP contribution is 2.16. The molecule has 1 aromatic heterocycles. The zero-order valence-electron chi connectivity index (χ0n) is 13.8. The Kier molecular flexibility index (Phi) is 5.31. The first-order chi connectivity index (χ1) is 12.1. The summed E-state index contributed by atoms with van der Waals surface area (Å²) in [6.07, 6.45) is 1.62. The molecule has 4 nitrogen and oxygen atoms in total. The van der Waals surface area contributed by atoms with Crippen molar-refractivity contribution in [3.05, 3.63) is 88.6 Å². The largest absolute Gasteiger partial charge is 0.348 e. The quantitative estimate of drug-likeness (QED) is 0.699. The van der Waals surface area contributed by atoms with Crippen LogP contribution in [0.15, 0.2) is 66.9 Å². The number of hydrogen-bond acceptors (Lipinski definition) is 3. The number of anilines is 2. The summed E-state index contributed by atoms with van der Waals surface area (Å²) in [5.41, 5.74) is 3.64. The van der Waals surface area contributed by atoms with Gasteiger partial charge in [-0.3, -0.25) is 4.79 Å². The topological polar surface area (TPSA) is 54.0 Å². The lowest BCUT2D eigenvalue weighted by Crippen LogP contribution is -2.22. The fourth-order valence-electron chi connectivity index (χ4n) is 2.40. The third-order valence-corrected chi connectivity index (χ3v) is 3.93. The monoisotopic (exact) mass is 351 g/mol. The molecule has 3 rings (SSSR count). The lowest BCUT2D eigenvalue weighted by molar-refractivity contribution is 0.0951. The summed E-state index contributed by atoms with van der Waals surface area (Å²) in [7, 11) is 0. The molecular weight excluding hydrogens is 334 g/mol. The summed E-state index contributed by atoms with van der Waals surface area (Å²) in [4.78, 5) is 16.6. The number of carbonyl (C=O) groups is 1. The van der Waals surface area contributed by atoms with Gasteiger partial charge in [0.2, 0.25) is 0 Å². The molecule has 2 aromatic carbocycles. The molecule has 1 amide bonds. The van der Waals surface area contributed by atoms with Gasteiger partial charge in [0.15, 0.2) is 0 Å². The lowest BCUT2D eigenvalue weighted by atomic mass is 10.2. The van der Waals surface area contributed by atoms with Crippen molar-refractivity contribution in [2.24, 2.45) is 0 Å². The molecule has 0 unspecified atom stereocenters. The van der Waals surface area contributed by atoms with Crippen molar-refractivity contribution in [1.82, 2.24) is 10.3 Å². The third-order valence-electron chi connectivity index (χ3n) is 3.68. The third kappa shape index (κ3) is 4.81. The molecule has 126 valence electrons. The predicted molar refractivity (Wildman–Crippen MR) is 101 cm³/mol. The maximum absolute atomic E-state index is 12.4. The molecule has 0 radical (unpaired) electrons. The fraction of sp³-hybridized carbons (Fsp3) is 0.100. The van der Waals surface area contributed by atoms with E-state index in [2.05, 4.69) is 15.6 Å². The van der Waals surface area contributed by atoms with Crippen LogP contribution >= 0.6 is 11.6 Å². The summed E-state index contributed by atoms with van der Waals surface area (Å²) in [6, 6.07) is 18.8. The zero-order chi connectivity index (χ0) is 17.6. The molecule has 0 aliphatic rings. The van der Waals surface area contributed by atoms with Crippen LogP contribution in [0.4, 0.5) is 11.5 Å². The van der Waals surface area contributed by atoms with Crippen molar-refractivity contribution >= 4 is 29.0 Å². The van der Waals surface area contributed by atoms with Crippen molar-refractivity contribution in [3.63, 3.8) is 0 Å². The fourth-order valence-corrected chi connectivity index (χ4v) is 2.52. The van der Waals surface area contributed by atoms with Gasteiger partial charge in [-0.15, -0.1) is 0 Å². The maximum atomic E-state index is 12.4. The molecule has 0 aliphatic carbocycles. The number of amides is 1. The highest BCUT2D eigenvalue weighted by molar-refractivity contribution is 6.30. The molecule has 5 heteroatoms. The molecule has 3 aromatic rings. The van der Waals surface area contributed by atoms with E-state index in [1.54, 1.807) is 30.5 Å². The van der Waals surface area contributed by atoms with Crippen LogP contribution in [0.3, 0.4) is 0 Å². The molecule has 0 spiro atoms. The van der Waals surface area contributed by atoms with Crippen molar-refractivity contribution < 1.29 is 4.79 Å². The van der Waals surface area contributed by atoms with E-state index in [-0.39, 0.29) is 5.91 Å². The molecular formula is C20H18ClN3O. The molecule has 25 heavy (non-hydrogen) atoms. The lowest BCUT2D eigenvalue weighted by Gasteiger charge is -2.09. The van der Waals surface area contributed by atoms with Crippen LogP contribution in [0.2, 0.25) is 5.02 Å². The van der Waals surface area contributed by atoms with Gasteiger partial charge in [0.1, 0.15) is 5.82 Å². The van der Waals surface area contributed by atoms with Crippen LogP contribution in [0.25, 0.3) is 0 Å². The Labute approximate surface area is 151 Å². The Morgan fingerprint density at radius 2 is 1.88 bits per heavy atom. The first kappa shape index (κ1) is 17.0. The van der Waals surface area contributed by atoms with Crippen molar-refractivity contribution in [2.75, 3.05) is 5.32 Å². The minimum Gasteiger partial charge on any atom is -0.348 e. The molecule has 0 atom stereocenters. The molecule has 0 bridgehead atoms. The minimum atomic E-state index is -0.148. The number of aromatic nitrogens is 1. The average Bonchev–Trinajstić information content (AvgIpc) is 2.61. The van der Waals surface area contributed by atoms with Gasteiger partial charge in [0.25, 0.3) is 5.91 Å². The molecule has 0 fully saturated rings. The summed E-state index contributed by atoms with van der Waals surface area (Å²) < 4.78 is 0. The van der Waals surface area contributed by atoms with Crippen molar-refractivity contribution in [1.29, 1.82) is 0 Å². The Balaban J connectivity index is 1.65. The normalized spacial score (nSPS) is 10.3. The van der Waals surface area contributed by atoms with E-state index in [9.17, 15) is 4.79 Å². The van der Waals surface area contributed by atoms with Gasteiger partial charge in [-0.05, 0) is 54.4 Å². The predicted octanol–water partition coefficient (Wildman–Crippen LogP) is 4.72. The second-order valence-electron chi connectivity index (χ2n) is 5.73. The van der Waals surface area contributed by atoms with Crippen molar-refractivity contribution in [2.45, 2.75) is 13.5 Å². The van der Waals surface area contributed by atoms with Gasteiger partial charge in [0, 0.05) is 29.0 Å². The van der Waals surface area contributed by atoms with Gasteiger partial charge in [-0.2, -0.15) is 0 Å². The van der Waals surface area contributed by atoms with Gasteiger partial charge < -0.3 is 10.6 Å². The van der Waals surface area contributed by atoms with Crippen LogP contribution in [0, 0.1) is 6.92 Å². The van der Waals surface area contributed by atoms with E-state index >= 15 is 0 Å². The number of nitrogens with one attached hydrogen (secondary N) is 2. The molecule has 0 saturated carbocycles. The highest BCUT2D eigenvalue weighted by Gasteiger charge is 2.07. The number of halogens is 1. The van der Waals surface area contributed by atoms with Gasteiger partial charge in [0.05, 0.1) is 0 Å². The Morgan fingerprint density at radius 3 is 2.64 bits per heavy atom. The van der Waals surface area contributed by atoms with E-state index in [1.165, 1.54) is 0 Å². The Bertz CT molecular complexity index is 878. The van der Waals surface area contributed by atoms with Crippen LogP contribution in [0.1, 0.15) is 21.5 Å². The number of rotatable bonds is 5.